The average Bonchev–Trinajstić information content (AvgIpc) is 3.49. The quantitative estimate of drug-likeness (QED) is 0.0222. The molecule has 0 radical (unpaired) electrons. The maximum atomic E-state index is 13.0. The summed E-state index contributed by atoms with van der Waals surface area (Å²) in [6.07, 6.45) is 39.1. The highest BCUT2D eigenvalue weighted by Gasteiger charge is 2.30. The highest BCUT2D eigenvalue weighted by molar-refractivity contribution is 7.47. The molecule has 17 nitrogen and oxygen atoms in total. The third kappa shape index (κ3) is 60.7. The average molecular weight is 1260 g/mol. The molecular formula is C66H128O17P2. The molecule has 0 aliphatic carbocycles. The van der Waals surface area contributed by atoms with Gasteiger partial charge in [0, 0.05) is 25.7 Å². The standard InChI is InChI=1S/C66H128O17P2/c1-8-9-10-11-12-13-19-26-33-40-47-63(68)76-53-62(83-66(71)50-43-36-29-22-25-32-39-46-59(6)7)56-81-85(74,75)79-52-60(67)51-78-84(72,73)80-55-61(54-77-64(69)48-41-34-28-21-24-31-38-45-58(4)5)82-65(70)49-42-35-27-20-17-15-14-16-18-23-30-37-44-57(2)3/h57-62,67H,8-56H2,1-7H3,(H,72,73)(H,74,75)/t60-,61-,62-/m1/s1. The number of phosphoric ester groups is 2. The SMILES string of the molecule is CCCCCCCCCCCCC(=O)OC[C@H](COP(=O)(O)OC[C@H](O)COP(=O)(O)OC[C@@H](COC(=O)CCCCCCCCCC(C)C)OC(=O)CCCCCCCCCCCCCCC(C)C)OC(=O)CCCCCCCCCC(C)C. The number of unbranched alkanes of at least 4 members (excludes halogenated alkanes) is 32. The zero-order valence-electron chi connectivity index (χ0n) is 55.1. The van der Waals surface area contributed by atoms with E-state index in [4.69, 9.17) is 37.0 Å². The molecule has 0 rings (SSSR count). The van der Waals surface area contributed by atoms with Crippen molar-refractivity contribution in [3.05, 3.63) is 0 Å². The van der Waals surface area contributed by atoms with Crippen molar-refractivity contribution in [3.8, 4) is 0 Å². The summed E-state index contributed by atoms with van der Waals surface area (Å²) in [5, 5.41) is 10.5. The van der Waals surface area contributed by atoms with Crippen molar-refractivity contribution in [2.24, 2.45) is 17.8 Å². The van der Waals surface area contributed by atoms with Crippen molar-refractivity contribution >= 4 is 39.5 Å². The van der Waals surface area contributed by atoms with Gasteiger partial charge in [-0.25, -0.2) is 9.13 Å². The summed E-state index contributed by atoms with van der Waals surface area (Å²) in [6.45, 7) is 11.7. The van der Waals surface area contributed by atoms with Crippen LogP contribution in [0.25, 0.3) is 0 Å². The molecule has 0 aromatic heterocycles. The molecule has 0 amide bonds. The van der Waals surface area contributed by atoms with Gasteiger partial charge in [0.05, 0.1) is 26.4 Å². The van der Waals surface area contributed by atoms with Gasteiger partial charge in [-0.05, 0) is 43.4 Å². The maximum absolute atomic E-state index is 13.0. The molecule has 0 aliphatic rings. The monoisotopic (exact) mass is 1250 g/mol. The van der Waals surface area contributed by atoms with Crippen molar-refractivity contribution in [2.45, 2.75) is 343 Å². The molecule has 0 aliphatic heterocycles. The van der Waals surface area contributed by atoms with Gasteiger partial charge in [-0.1, -0.05) is 273 Å². The molecule has 5 atom stereocenters. The Bertz CT molecular complexity index is 1680. The number of carbonyl (C=O) groups is 4. The van der Waals surface area contributed by atoms with Crippen LogP contribution in [-0.2, 0) is 65.4 Å². The van der Waals surface area contributed by atoms with E-state index in [2.05, 4.69) is 48.5 Å². The number of aliphatic hydroxyl groups excluding tert-OH is 1. The zero-order valence-corrected chi connectivity index (χ0v) is 56.9. The predicted molar refractivity (Wildman–Crippen MR) is 340 cm³/mol. The second-order valence-corrected chi connectivity index (χ2v) is 28.2. The second kappa shape index (κ2) is 57.2. The van der Waals surface area contributed by atoms with E-state index in [0.29, 0.717) is 37.5 Å². The van der Waals surface area contributed by atoms with Gasteiger partial charge in [0.15, 0.2) is 12.2 Å². The number of hydrogen-bond donors (Lipinski definition) is 3. The molecular weight excluding hydrogens is 1130 g/mol. The van der Waals surface area contributed by atoms with Crippen LogP contribution in [0.3, 0.4) is 0 Å². The van der Waals surface area contributed by atoms with Crippen LogP contribution in [0.5, 0.6) is 0 Å². The Morgan fingerprint density at radius 2 is 0.541 bits per heavy atom. The van der Waals surface area contributed by atoms with E-state index >= 15 is 0 Å². The summed E-state index contributed by atoms with van der Waals surface area (Å²) in [5.74, 6) is 0.0424. The first-order valence-electron chi connectivity index (χ1n) is 34.3. The molecule has 0 spiro atoms. The maximum Gasteiger partial charge on any atom is 0.472 e. The molecule has 504 valence electrons. The Balaban J connectivity index is 5.23. The van der Waals surface area contributed by atoms with Gasteiger partial charge in [-0.2, -0.15) is 0 Å². The van der Waals surface area contributed by atoms with Crippen LogP contribution in [0.1, 0.15) is 325 Å². The van der Waals surface area contributed by atoms with Crippen LogP contribution in [0.15, 0.2) is 0 Å². The van der Waals surface area contributed by atoms with Crippen LogP contribution in [0.2, 0.25) is 0 Å². The van der Waals surface area contributed by atoms with E-state index < -0.39 is 97.5 Å². The molecule has 0 saturated heterocycles. The Hall–Kier alpha value is -1.94. The predicted octanol–water partition coefficient (Wildman–Crippen LogP) is 18.3. The van der Waals surface area contributed by atoms with Crippen molar-refractivity contribution in [3.63, 3.8) is 0 Å². The Morgan fingerprint density at radius 3 is 0.800 bits per heavy atom. The minimum Gasteiger partial charge on any atom is -0.462 e. The molecule has 0 aromatic carbocycles. The van der Waals surface area contributed by atoms with Crippen LogP contribution in [0, 0.1) is 17.8 Å². The fourth-order valence-corrected chi connectivity index (χ4v) is 11.4. The third-order valence-electron chi connectivity index (χ3n) is 15.1. The van der Waals surface area contributed by atoms with Gasteiger partial charge in [0.2, 0.25) is 0 Å². The second-order valence-electron chi connectivity index (χ2n) is 25.3. The minimum atomic E-state index is -4.95. The number of hydrogen-bond acceptors (Lipinski definition) is 15. The summed E-state index contributed by atoms with van der Waals surface area (Å²) in [4.78, 5) is 72.3. The van der Waals surface area contributed by atoms with Crippen molar-refractivity contribution < 1.29 is 80.2 Å². The van der Waals surface area contributed by atoms with Crippen molar-refractivity contribution in [1.29, 1.82) is 0 Å². The highest BCUT2D eigenvalue weighted by Crippen LogP contribution is 2.45. The lowest BCUT2D eigenvalue weighted by atomic mass is 10.0. The molecule has 85 heavy (non-hydrogen) atoms. The van der Waals surface area contributed by atoms with Crippen LogP contribution >= 0.6 is 15.6 Å². The molecule has 0 heterocycles. The zero-order chi connectivity index (χ0) is 63.1. The van der Waals surface area contributed by atoms with Gasteiger partial charge in [0.1, 0.15) is 19.3 Å². The lowest BCUT2D eigenvalue weighted by Gasteiger charge is -2.21. The van der Waals surface area contributed by atoms with Crippen LogP contribution in [-0.4, -0.2) is 96.7 Å². The largest absolute Gasteiger partial charge is 0.472 e. The summed E-state index contributed by atoms with van der Waals surface area (Å²) in [7, 11) is -9.89. The number of aliphatic hydroxyl groups is 1. The van der Waals surface area contributed by atoms with E-state index in [-0.39, 0.29) is 25.7 Å². The van der Waals surface area contributed by atoms with Gasteiger partial charge in [-0.15, -0.1) is 0 Å². The molecule has 0 aromatic rings. The summed E-state index contributed by atoms with van der Waals surface area (Å²) in [5.41, 5.74) is 0. The number of ether oxygens (including phenoxy) is 4. The van der Waals surface area contributed by atoms with Crippen LogP contribution in [0.4, 0.5) is 0 Å². The third-order valence-corrected chi connectivity index (χ3v) is 17.0. The molecule has 2 unspecified atom stereocenters. The van der Waals surface area contributed by atoms with Crippen LogP contribution < -0.4 is 0 Å². The number of carbonyl (C=O) groups excluding carboxylic acids is 4. The smallest absolute Gasteiger partial charge is 0.462 e. The minimum absolute atomic E-state index is 0.103. The lowest BCUT2D eigenvalue weighted by molar-refractivity contribution is -0.161. The van der Waals surface area contributed by atoms with E-state index in [0.717, 1.165) is 102 Å². The Morgan fingerprint density at radius 1 is 0.318 bits per heavy atom. The van der Waals surface area contributed by atoms with E-state index in [9.17, 15) is 43.2 Å². The van der Waals surface area contributed by atoms with Gasteiger partial charge in [0.25, 0.3) is 0 Å². The number of rotatable bonds is 64. The van der Waals surface area contributed by atoms with Crippen molar-refractivity contribution in [1.82, 2.24) is 0 Å². The van der Waals surface area contributed by atoms with Gasteiger partial charge < -0.3 is 33.8 Å². The molecule has 0 fully saturated rings. The molecule has 0 saturated carbocycles. The Kier molecular flexibility index (Phi) is 55.9. The first kappa shape index (κ1) is 83.1. The summed E-state index contributed by atoms with van der Waals surface area (Å²) < 4.78 is 68.1. The highest BCUT2D eigenvalue weighted by atomic mass is 31.2. The van der Waals surface area contributed by atoms with E-state index in [1.807, 2.05) is 0 Å². The van der Waals surface area contributed by atoms with Gasteiger partial charge in [-0.3, -0.25) is 37.3 Å². The summed E-state index contributed by atoms with van der Waals surface area (Å²) >= 11 is 0. The van der Waals surface area contributed by atoms with Crippen molar-refractivity contribution in [2.75, 3.05) is 39.6 Å². The molecule has 3 N–H and O–H groups in total. The number of esters is 4. The summed E-state index contributed by atoms with van der Waals surface area (Å²) in [6, 6.07) is 0. The van der Waals surface area contributed by atoms with Gasteiger partial charge >= 0.3 is 39.5 Å². The normalized spacial score (nSPS) is 14.3. The first-order chi connectivity index (χ1) is 40.7. The Labute approximate surface area is 517 Å². The fourth-order valence-electron chi connectivity index (χ4n) is 9.83. The first-order valence-corrected chi connectivity index (χ1v) is 37.3. The fraction of sp³-hybridized carbons (Fsp3) is 0.939. The number of phosphoric acid groups is 2. The van der Waals surface area contributed by atoms with E-state index in [1.54, 1.807) is 0 Å². The molecule has 19 heteroatoms. The lowest BCUT2D eigenvalue weighted by Crippen LogP contribution is -2.30. The topological polar surface area (TPSA) is 237 Å². The van der Waals surface area contributed by atoms with E-state index in [1.165, 1.54) is 128 Å². The molecule has 0 bridgehead atoms.